The van der Waals surface area contributed by atoms with Crippen molar-refractivity contribution in [2.75, 3.05) is 13.7 Å². The molecular weight excluding hydrogens is 628 g/mol. The van der Waals surface area contributed by atoms with Crippen LogP contribution in [0.5, 0.6) is 11.5 Å². The van der Waals surface area contributed by atoms with E-state index in [2.05, 4.69) is 0 Å². The van der Waals surface area contributed by atoms with Gasteiger partial charge in [0, 0.05) is 5.56 Å². The first-order chi connectivity index (χ1) is 23.3. The number of carbonyl (C=O) groups is 2. The molecule has 0 amide bonds. The molecule has 0 aliphatic carbocycles. The number of nitrogens with zero attached hydrogens (tertiary/aromatic N) is 2. The first-order valence-electron chi connectivity index (χ1n) is 15.7. The van der Waals surface area contributed by atoms with Gasteiger partial charge in [-0.15, -0.1) is 0 Å². The second-order valence-corrected chi connectivity index (χ2v) is 12.2. The third-order valence-corrected chi connectivity index (χ3v) is 9.06. The molecule has 0 saturated carbocycles. The number of carboxylic acids is 1. The summed E-state index contributed by atoms with van der Waals surface area (Å²) in [4.78, 5) is 44.7. The van der Waals surface area contributed by atoms with Crippen LogP contribution < -0.4 is 24.4 Å². The van der Waals surface area contributed by atoms with Crippen molar-refractivity contribution in [1.29, 1.82) is 0 Å². The van der Waals surface area contributed by atoms with E-state index in [1.54, 1.807) is 55.0 Å². The second kappa shape index (κ2) is 14.1. The normalized spacial score (nSPS) is 14.4. The molecule has 1 aliphatic heterocycles. The molecule has 0 fully saturated rings. The van der Waals surface area contributed by atoms with Crippen molar-refractivity contribution in [3.63, 3.8) is 0 Å². The lowest BCUT2D eigenvalue weighted by atomic mass is 9.90. The number of aromatic carboxylic acids is 1. The van der Waals surface area contributed by atoms with E-state index in [1.807, 2.05) is 55.5 Å². The smallest absolute Gasteiger partial charge is 0.338 e. The third kappa shape index (κ3) is 6.39. The monoisotopic (exact) mass is 662 g/mol. The van der Waals surface area contributed by atoms with Gasteiger partial charge in [-0.25, -0.2) is 14.6 Å². The highest BCUT2D eigenvalue weighted by Crippen LogP contribution is 2.41. The number of carboxylic acid groups (broad SMARTS) is 1. The zero-order chi connectivity index (χ0) is 33.8. The lowest BCUT2D eigenvalue weighted by Crippen LogP contribution is -2.40. The molecule has 6 rings (SSSR count). The van der Waals surface area contributed by atoms with Gasteiger partial charge in [-0.3, -0.25) is 9.36 Å². The van der Waals surface area contributed by atoms with Crippen molar-refractivity contribution < 1.29 is 28.9 Å². The number of carbonyl (C=O) groups excluding carboxylic acids is 1. The summed E-state index contributed by atoms with van der Waals surface area (Å²) >= 11 is 1.27. The minimum Gasteiger partial charge on any atom is -0.496 e. The summed E-state index contributed by atoms with van der Waals surface area (Å²) in [6, 6.07) is 24.7. The van der Waals surface area contributed by atoms with Crippen LogP contribution in [0.1, 0.15) is 59.8 Å². The van der Waals surface area contributed by atoms with Gasteiger partial charge in [-0.05, 0) is 71.7 Å². The van der Waals surface area contributed by atoms with Crippen LogP contribution in [0.4, 0.5) is 0 Å². The molecule has 48 heavy (non-hydrogen) atoms. The first kappa shape index (κ1) is 32.5. The van der Waals surface area contributed by atoms with Crippen LogP contribution in [-0.2, 0) is 16.1 Å². The van der Waals surface area contributed by atoms with Crippen LogP contribution in [-0.4, -0.2) is 35.3 Å². The predicted molar refractivity (Wildman–Crippen MR) is 184 cm³/mol. The number of ether oxygens (including phenoxy) is 3. The fraction of sp³-hybridized carbons (Fsp3) is 0.211. The number of rotatable bonds is 11. The van der Waals surface area contributed by atoms with Crippen molar-refractivity contribution in [1.82, 2.24) is 4.57 Å². The number of allylic oxidation sites excluding steroid dienone is 1. The zero-order valence-electron chi connectivity index (χ0n) is 26.8. The molecule has 1 N–H and O–H groups in total. The molecule has 0 bridgehead atoms. The van der Waals surface area contributed by atoms with Crippen molar-refractivity contribution in [2.45, 2.75) is 39.3 Å². The van der Waals surface area contributed by atoms with Crippen molar-refractivity contribution in [3.05, 3.63) is 138 Å². The molecule has 1 aromatic heterocycles. The maximum Gasteiger partial charge on any atom is 0.338 e. The maximum absolute atomic E-state index is 14.3. The largest absolute Gasteiger partial charge is 0.496 e. The lowest BCUT2D eigenvalue weighted by Gasteiger charge is -2.28. The fourth-order valence-electron chi connectivity index (χ4n) is 5.90. The van der Waals surface area contributed by atoms with Crippen molar-refractivity contribution >= 4 is 40.1 Å². The number of hydrogen-bond donors (Lipinski definition) is 1. The summed E-state index contributed by atoms with van der Waals surface area (Å²) in [6.45, 7) is 4.17. The number of methoxy groups -OCH3 is 1. The zero-order valence-corrected chi connectivity index (χ0v) is 27.6. The topological polar surface area (TPSA) is 116 Å². The van der Waals surface area contributed by atoms with Crippen molar-refractivity contribution in [3.8, 4) is 11.5 Å². The Labute approximate surface area is 280 Å². The molecule has 10 heteroatoms. The fourth-order valence-corrected chi connectivity index (χ4v) is 6.92. The second-order valence-electron chi connectivity index (χ2n) is 11.2. The Balaban J connectivity index is 1.44. The Morgan fingerprint density at radius 1 is 1.00 bits per heavy atom. The van der Waals surface area contributed by atoms with Gasteiger partial charge in [0.15, 0.2) is 4.80 Å². The first-order valence-corrected chi connectivity index (χ1v) is 16.5. The van der Waals surface area contributed by atoms with Gasteiger partial charge < -0.3 is 19.3 Å². The Bertz CT molecular complexity index is 2230. The Morgan fingerprint density at radius 3 is 2.52 bits per heavy atom. The summed E-state index contributed by atoms with van der Waals surface area (Å²) in [5.74, 6) is -0.351. The number of esters is 1. The van der Waals surface area contributed by atoms with Gasteiger partial charge in [-0.1, -0.05) is 79.3 Å². The van der Waals surface area contributed by atoms with Crippen LogP contribution in [0.2, 0.25) is 0 Å². The molecule has 0 spiro atoms. The van der Waals surface area contributed by atoms with E-state index in [9.17, 15) is 19.5 Å². The standard InChI is InChI=1S/C38H34N2O7S/c1-4-9-29-33(37(44)46-5-2)34(32-28-13-7-6-11-25(28)16-19-30(32)45-3)40-35(41)31(48-38(40)39-29)21-23-14-17-27(18-15-23)47-22-24-10-8-12-26(20-24)36(42)43/h6-8,10-21,34H,4-5,9,22H2,1-3H3,(H,42,43)/b31-21-/t34-/m1/s1. The molecule has 4 aromatic carbocycles. The number of benzene rings is 4. The summed E-state index contributed by atoms with van der Waals surface area (Å²) in [6.07, 6.45) is 3.08. The summed E-state index contributed by atoms with van der Waals surface area (Å²) in [5.41, 5.74) is 3.06. The lowest BCUT2D eigenvalue weighted by molar-refractivity contribution is -0.139. The van der Waals surface area contributed by atoms with Gasteiger partial charge in [-0.2, -0.15) is 0 Å². The highest BCUT2D eigenvalue weighted by atomic mass is 32.1. The molecule has 244 valence electrons. The Morgan fingerprint density at radius 2 is 1.79 bits per heavy atom. The molecule has 0 saturated heterocycles. The minimum absolute atomic E-state index is 0.181. The van der Waals surface area contributed by atoms with E-state index in [4.69, 9.17) is 19.2 Å². The van der Waals surface area contributed by atoms with Crippen LogP contribution in [0.25, 0.3) is 16.8 Å². The molecule has 0 radical (unpaired) electrons. The highest BCUT2D eigenvalue weighted by Gasteiger charge is 2.37. The van der Waals surface area contributed by atoms with Gasteiger partial charge in [0.2, 0.25) is 0 Å². The van der Waals surface area contributed by atoms with E-state index in [-0.39, 0.29) is 24.3 Å². The number of thiazole rings is 1. The molecule has 2 heterocycles. The highest BCUT2D eigenvalue weighted by molar-refractivity contribution is 7.07. The van der Waals surface area contributed by atoms with Crippen LogP contribution in [0.3, 0.4) is 0 Å². The van der Waals surface area contributed by atoms with E-state index >= 15 is 0 Å². The maximum atomic E-state index is 14.3. The average molecular weight is 663 g/mol. The van der Waals surface area contributed by atoms with Crippen LogP contribution in [0, 0.1) is 0 Å². The predicted octanol–water partition coefficient (Wildman–Crippen LogP) is 6.02. The quantitative estimate of drug-likeness (QED) is 0.172. The van der Waals surface area contributed by atoms with Crippen molar-refractivity contribution in [2.24, 2.45) is 4.99 Å². The van der Waals surface area contributed by atoms with Gasteiger partial charge in [0.25, 0.3) is 5.56 Å². The van der Waals surface area contributed by atoms with Gasteiger partial charge >= 0.3 is 11.9 Å². The van der Waals surface area contributed by atoms with Crippen LogP contribution >= 0.6 is 11.3 Å². The molecule has 1 aliphatic rings. The van der Waals surface area contributed by atoms with Crippen LogP contribution in [0.15, 0.2) is 106 Å². The summed E-state index contributed by atoms with van der Waals surface area (Å²) in [7, 11) is 1.58. The molecular formula is C38H34N2O7S. The molecule has 9 nitrogen and oxygen atoms in total. The summed E-state index contributed by atoms with van der Waals surface area (Å²) < 4.78 is 19.4. The van der Waals surface area contributed by atoms with E-state index in [1.165, 1.54) is 17.4 Å². The van der Waals surface area contributed by atoms with Gasteiger partial charge in [0.05, 0.1) is 35.1 Å². The number of fused-ring (bicyclic) bond motifs is 2. The van der Waals surface area contributed by atoms with Gasteiger partial charge in [0.1, 0.15) is 24.1 Å². The number of hydrogen-bond acceptors (Lipinski definition) is 8. The average Bonchev–Trinajstić information content (AvgIpc) is 3.41. The minimum atomic E-state index is -0.993. The summed E-state index contributed by atoms with van der Waals surface area (Å²) in [5, 5.41) is 11.1. The Kier molecular flexibility index (Phi) is 9.54. The molecule has 1 atom stereocenters. The van der Waals surface area contributed by atoms with E-state index in [0.29, 0.717) is 44.1 Å². The molecule has 0 unspecified atom stereocenters. The SMILES string of the molecule is CCCC1=C(C(=O)OCC)[C@@H](c2c(OC)ccc3ccccc23)n2c(s/c(=C\c3ccc(OCc4cccc(C(=O)O)c4)cc3)c2=O)=N1. The number of aromatic nitrogens is 1. The Hall–Kier alpha value is -5.48. The van der Waals surface area contributed by atoms with E-state index in [0.717, 1.165) is 28.3 Å². The third-order valence-electron chi connectivity index (χ3n) is 8.07. The molecule has 5 aromatic rings. The van der Waals surface area contributed by atoms with E-state index < -0.39 is 18.0 Å².